The lowest BCUT2D eigenvalue weighted by Gasteiger charge is -2.26. The number of hydrogen-bond donors (Lipinski definition) is 2. The van der Waals surface area contributed by atoms with E-state index >= 15 is 0 Å². The Bertz CT molecular complexity index is 1360. The van der Waals surface area contributed by atoms with Crippen molar-refractivity contribution < 1.29 is 19.4 Å². The van der Waals surface area contributed by atoms with Gasteiger partial charge in [-0.25, -0.2) is 9.78 Å². The lowest BCUT2D eigenvalue weighted by Crippen LogP contribution is -2.28. The molecule has 0 amide bonds. The topological polar surface area (TPSA) is 85.1 Å². The van der Waals surface area contributed by atoms with Crippen LogP contribution in [-0.2, 0) is 13.0 Å². The zero-order chi connectivity index (χ0) is 23.5. The van der Waals surface area contributed by atoms with Crippen LogP contribution in [0.25, 0.3) is 11.7 Å². The molecule has 3 heterocycles. The second kappa shape index (κ2) is 9.41. The zero-order valence-electron chi connectivity index (χ0n) is 18.8. The van der Waals surface area contributed by atoms with Gasteiger partial charge in [0.2, 0.25) is 0 Å². The summed E-state index contributed by atoms with van der Waals surface area (Å²) in [6.07, 6.45) is 8.25. The van der Waals surface area contributed by atoms with Gasteiger partial charge in [-0.15, -0.1) is 0 Å². The zero-order valence-corrected chi connectivity index (χ0v) is 18.8. The lowest BCUT2D eigenvalue weighted by atomic mass is 9.93. The predicted octanol–water partition coefficient (Wildman–Crippen LogP) is 4.52. The molecule has 2 aromatic carbocycles. The number of aromatic nitrogens is 2. The van der Waals surface area contributed by atoms with Crippen LogP contribution >= 0.6 is 0 Å². The fourth-order valence-electron chi connectivity index (χ4n) is 4.22. The summed E-state index contributed by atoms with van der Waals surface area (Å²) in [5.74, 6) is 0.459. The molecule has 7 heteroatoms. The first-order valence-electron chi connectivity index (χ1n) is 11.1. The molecule has 34 heavy (non-hydrogen) atoms. The molecule has 1 aliphatic heterocycles. The largest absolute Gasteiger partial charge is 0.493 e. The lowest BCUT2D eigenvalue weighted by molar-refractivity contribution is 0.0696. The Morgan fingerprint density at radius 2 is 2.06 bits per heavy atom. The molecule has 5 rings (SSSR count). The van der Waals surface area contributed by atoms with E-state index in [2.05, 4.69) is 22.4 Å². The average molecular weight is 456 g/mol. The van der Waals surface area contributed by atoms with Crippen molar-refractivity contribution in [3.8, 4) is 11.5 Å². The highest BCUT2D eigenvalue weighted by Crippen LogP contribution is 2.36. The van der Waals surface area contributed by atoms with Crippen molar-refractivity contribution in [2.75, 3.05) is 13.7 Å². The van der Waals surface area contributed by atoms with Crippen LogP contribution in [0, 0.1) is 0 Å². The third kappa shape index (κ3) is 4.38. The third-order valence-electron chi connectivity index (χ3n) is 6.00. The minimum atomic E-state index is -0.967. The standard InChI is InChI=1S/C27H25N3O4/c1-33-24-14-22-19(13-25(24)34-17-18-5-3-2-4-6-18)11-12-28-23(22)9-8-21-15-29-26-10-7-20(27(31)32)16-30(21)26/h2-10,13-16,23,28H,11-12,17H2,1H3,(H,31,32)/b9-8+. The van der Waals surface area contributed by atoms with Crippen LogP contribution in [0.15, 0.2) is 73.1 Å². The molecular weight excluding hydrogens is 430 g/mol. The fraction of sp³-hybridized carbons (Fsp3) is 0.185. The molecule has 2 aromatic heterocycles. The summed E-state index contributed by atoms with van der Waals surface area (Å²) in [4.78, 5) is 15.7. The average Bonchev–Trinajstić information content (AvgIpc) is 3.28. The highest BCUT2D eigenvalue weighted by Gasteiger charge is 2.21. The van der Waals surface area contributed by atoms with Gasteiger partial charge < -0.3 is 19.9 Å². The quantitative estimate of drug-likeness (QED) is 0.426. The first-order chi connectivity index (χ1) is 16.6. The Morgan fingerprint density at radius 1 is 1.21 bits per heavy atom. The van der Waals surface area contributed by atoms with E-state index in [-0.39, 0.29) is 11.6 Å². The molecule has 0 bridgehead atoms. The van der Waals surface area contributed by atoms with E-state index in [0.29, 0.717) is 18.0 Å². The number of benzene rings is 2. The Morgan fingerprint density at radius 3 is 2.85 bits per heavy atom. The summed E-state index contributed by atoms with van der Waals surface area (Å²) in [5.41, 5.74) is 5.17. The minimum Gasteiger partial charge on any atom is -0.493 e. The number of carbonyl (C=O) groups is 1. The van der Waals surface area contributed by atoms with Crippen LogP contribution in [-0.4, -0.2) is 34.1 Å². The monoisotopic (exact) mass is 455 g/mol. The first-order valence-corrected chi connectivity index (χ1v) is 11.1. The molecule has 1 aliphatic rings. The number of aromatic carboxylic acids is 1. The number of nitrogens with one attached hydrogen (secondary N) is 1. The summed E-state index contributed by atoms with van der Waals surface area (Å²) in [6.45, 7) is 1.31. The van der Waals surface area contributed by atoms with Gasteiger partial charge in [0.25, 0.3) is 0 Å². The van der Waals surface area contributed by atoms with E-state index in [9.17, 15) is 9.90 Å². The number of carboxylic acid groups (broad SMARTS) is 1. The number of fused-ring (bicyclic) bond motifs is 2. The van der Waals surface area contributed by atoms with E-state index < -0.39 is 5.97 Å². The van der Waals surface area contributed by atoms with E-state index in [4.69, 9.17) is 9.47 Å². The van der Waals surface area contributed by atoms with Gasteiger partial charge in [-0.2, -0.15) is 0 Å². The van der Waals surface area contributed by atoms with Gasteiger partial charge in [0.15, 0.2) is 11.5 Å². The Kier molecular flexibility index (Phi) is 6.01. The van der Waals surface area contributed by atoms with Gasteiger partial charge in [-0.05, 0) is 53.5 Å². The number of hydrogen-bond acceptors (Lipinski definition) is 5. The van der Waals surface area contributed by atoms with Gasteiger partial charge in [-0.3, -0.25) is 4.40 Å². The molecule has 1 unspecified atom stereocenters. The number of imidazole rings is 1. The third-order valence-corrected chi connectivity index (χ3v) is 6.00. The van der Waals surface area contributed by atoms with Crippen molar-refractivity contribution in [1.82, 2.24) is 14.7 Å². The number of nitrogens with zero attached hydrogens (tertiary/aromatic N) is 2. The Labute approximate surface area is 197 Å². The maximum absolute atomic E-state index is 11.4. The van der Waals surface area contributed by atoms with Crippen molar-refractivity contribution >= 4 is 17.7 Å². The molecular formula is C27H25N3O4. The van der Waals surface area contributed by atoms with Crippen molar-refractivity contribution in [2.24, 2.45) is 0 Å². The van der Waals surface area contributed by atoms with Gasteiger partial charge in [0.1, 0.15) is 12.3 Å². The molecule has 0 aliphatic carbocycles. The second-order valence-corrected chi connectivity index (χ2v) is 8.15. The smallest absolute Gasteiger partial charge is 0.337 e. The number of methoxy groups -OCH3 is 1. The molecule has 7 nitrogen and oxygen atoms in total. The van der Waals surface area contributed by atoms with E-state index in [1.54, 1.807) is 36.0 Å². The Balaban J connectivity index is 1.41. The van der Waals surface area contributed by atoms with E-state index in [1.807, 2.05) is 42.5 Å². The first kappa shape index (κ1) is 21.7. The minimum absolute atomic E-state index is 0.0194. The van der Waals surface area contributed by atoms with Crippen molar-refractivity contribution in [2.45, 2.75) is 19.1 Å². The van der Waals surface area contributed by atoms with E-state index in [1.165, 1.54) is 5.56 Å². The SMILES string of the molecule is COc1cc2c(cc1OCc1ccccc1)CCNC2/C=C/c1cnc2ccc(C(=O)O)cn12. The van der Waals surface area contributed by atoms with Gasteiger partial charge in [0.05, 0.1) is 30.6 Å². The highest BCUT2D eigenvalue weighted by atomic mass is 16.5. The molecule has 1 atom stereocenters. The second-order valence-electron chi connectivity index (χ2n) is 8.15. The molecule has 0 radical (unpaired) electrons. The van der Waals surface area contributed by atoms with Crippen molar-refractivity contribution in [3.05, 3.63) is 101 Å². The van der Waals surface area contributed by atoms with Crippen LogP contribution in [0.4, 0.5) is 0 Å². The van der Waals surface area contributed by atoms with Crippen molar-refractivity contribution in [1.29, 1.82) is 0 Å². The predicted molar refractivity (Wildman–Crippen MR) is 129 cm³/mol. The molecule has 0 saturated heterocycles. The van der Waals surface area contributed by atoms with Crippen LogP contribution in [0.3, 0.4) is 0 Å². The maximum Gasteiger partial charge on any atom is 0.337 e. The van der Waals surface area contributed by atoms with Crippen LogP contribution in [0.2, 0.25) is 0 Å². The normalized spacial score (nSPS) is 15.4. The molecule has 0 spiro atoms. The number of rotatable bonds is 7. The summed E-state index contributed by atoms with van der Waals surface area (Å²) >= 11 is 0. The summed E-state index contributed by atoms with van der Waals surface area (Å²) in [7, 11) is 1.65. The maximum atomic E-state index is 11.4. The van der Waals surface area contributed by atoms with Gasteiger partial charge in [0, 0.05) is 12.7 Å². The van der Waals surface area contributed by atoms with Gasteiger partial charge in [-0.1, -0.05) is 36.4 Å². The summed E-state index contributed by atoms with van der Waals surface area (Å²) in [5, 5.41) is 12.8. The number of ether oxygens (including phenoxy) is 2. The molecule has 172 valence electrons. The number of carboxylic acids is 1. The van der Waals surface area contributed by atoms with Crippen LogP contribution in [0.5, 0.6) is 11.5 Å². The molecule has 4 aromatic rings. The van der Waals surface area contributed by atoms with Crippen LogP contribution < -0.4 is 14.8 Å². The molecule has 0 saturated carbocycles. The van der Waals surface area contributed by atoms with Gasteiger partial charge >= 0.3 is 5.97 Å². The van der Waals surface area contributed by atoms with Crippen molar-refractivity contribution in [3.63, 3.8) is 0 Å². The summed E-state index contributed by atoms with van der Waals surface area (Å²) < 4.78 is 13.5. The number of pyridine rings is 1. The fourth-order valence-corrected chi connectivity index (χ4v) is 4.22. The Hall–Kier alpha value is -4.10. The molecule has 2 N–H and O–H groups in total. The summed E-state index contributed by atoms with van der Waals surface area (Å²) in [6, 6.07) is 17.4. The highest BCUT2D eigenvalue weighted by molar-refractivity contribution is 5.87. The van der Waals surface area contributed by atoms with Crippen LogP contribution in [0.1, 0.15) is 38.8 Å². The van der Waals surface area contributed by atoms with E-state index in [0.717, 1.165) is 35.5 Å². The molecule has 0 fully saturated rings.